The topological polar surface area (TPSA) is 109 Å². The predicted molar refractivity (Wildman–Crippen MR) is 134 cm³/mol. The molecule has 8 nitrogen and oxygen atoms in total. The highest BCUT2D eigenvalue weighted by Gasteiger charge is 2.18. The van der Waals surface area contributed by atoms with Crippen molar-refractivity contribution in [3.63, 3.8) is 0 Å². The van der Waals surface area contributed by atoms with Crippen LogP contribution in [0, 0.1) is 0 Å². The molecule has 174 valence electrons. The Morgan fingerprint density at radius 2 is 1.74 bits per heavy atom. The normalized spacial score (nSPS) is 12.0. The molecule has 0 amide bonds. The number of sulfonamides is 1. The molecule has 0 unspecified atom stereocenters. The molecule has 4 rings (SSSR count). The number of hydrogen-bond donors (Lipinski definition) is 2. The minimum Gasteiger partial charge on any atom is -0.294 e. The van der Waals surface area contributed by atoms with Crippen molar-refractivity contribution in [2.24, 2.45) is 4.99 Å². The summed E-state index contributed by atoms with van der Waals surface area (Å²) in [5.74, 6) is 0.242. The summed E-state index contributed by atoms with van der Waals surface area (Å²) in [5.41, 5.74) is 3.02. The number of H-pyrrole nitrogens is 1. The fourth-order valence-corrected chi connectivity index (χ4v) is 4.62. The van der Waals surface area contributed by atoms with Crippen LogP contribution in [0.25, 0.3) is 5.69 Å². The van der Waals surface area contributed by atoms with Gasteiger partial charge in [0.1, 0.15) is 5.82 Å². The zero-order valence-electron chi connectivity index (χ0n) is 18.9. The Bertz CT molecular complexity index is 1460. The van der Waals surface area contributed by atoms with Gasteiger partial charge in [-0.1, -0.05) is 37.6 Å². The Kier molecular flexibility index (Phi) is 6.74. The van der Waals surface area contributed by atoms with Crippen LogP contribution >= 0.6 is 0 Å². The summed E-state index contributed by atoms with van der Waals surface area (Å²) in [6, 6.07) is 20.5. The van der Waals surface area contributed by atoms with E-state index in [1.165, 1.54) is 23.0 Å². The molecule has 0 saturated heterocycles. The minimum atomic E-state index is -3.78. The average molecular weight is 476 g/mol. The second kappa shape index (κ2) is 9.88. The number of hydrogen-bond acceptors (Lipinski definition) is 5. The number of para-hydroxylation sites is 1. The lowest BCUT2D eigenvalue weighted by molar-refractivity contribution is 0.601. The van der Waals surface area contributed by atoms with Gasteiger partial charge in [-0.2, -0.15) is 0 Å². The number of nitrogens with one attached hydrogen (secondary N) is 2. The Labute approximate surface area is 198 Å². The van der Waals surface area contributed by atoms with Crippen LogP contribution in [0.4, 0.5) is 11.5 Å². The maximum Gasteiger partial charge on any atom is 0.280 e. The first-order chi connectivity index (χ1) is 16.4. The van der Waals surface area contributed by atoms with Gasteiger partial charge in [-0.05, 0) is 61.9 Å². The summed E-state index contributed by atoms with van der Waals surface area (Å²) in [7, 11) is -3.78. The first kappa shape index (κ1) is 23.2. The first-order valence-corrected chi connectivity index (χ1v) is 12.4. The molecule has 0 aliphatic heterocycles. The lowest BCUT2D eigenvalue weighted by Gasteiger charge is -2.07. The molecule has 0 aliphatic rings. The summed E-state index contributed by atoms with van der Waals surface area (Å²) in [6.07, 6.45) is 3.08. The van der Waals surface area contributed by atoms with E-state index in [0.717, 1.165) is 17.8 Å². The van der Waals surface area contributed by atoms with E-state index in [1.54, 1.807) is 37.3 Å². The standard InChI is InChI=1S/C25H25N5O3S/c1-3-9-22-24(25(31)30(28-22)20-10-5-4-6-11-20)18(2)27-19-13-15-21(16-14-19)34(32,33)29-23-12-7-8-17-26-23/h4-8,10-17,28H,3,9H2,1-2H3,(H,26,29). The van der Waals surface area contributed by atoms with Crippen molar-refractivity contribution in [3.05, 3.63) is 101 Å². The van der Waals surface area contributed by atoms with E-state index in [9.17, 15) is 13.2 Å². The number of aromatic nitrogens is 3. The Balaban J connectivity index is 1.64. The van der Waals surface area contributed by atoms with E-state index in [-0.39, 0.29) is 16.3 Å². The van der Waals surface area contributed by atoms with Gasteiger partial charge in [0.2, 0.25) is 0 Å². The third-order valence-electron chi connectivity index (χ3n) is 5.19. The van der Waals surface area contributed by atoms with E-state index >= 15 is 0 Å². The van der Waals surface area contributed by atoms with E-state index in [4.69, 9.17) is 0 Å². The van der Waals surface area contributed by atoms with Crippen molar-refractivity contribution in [2.75, 3.05) is 4.72 Å². The van der Waals surface area contributed by atoms with Gasteiger partial charge in [0, 0.05) is 11.9 Å². The molecule has 0 spiro atoms. The number of pyridine rings is 1. The van der Waals surface area contributed by atoms with E-state index in [1.807, 2.05) is 37.3 Å². The summed E-state index contributed by atoms with van der Waals surface area (Å²) in [4.78, 5) is 21.9. The van der Waals surface area contributed by atoms with Crippen molar-refractivity contribution in [3.8, 4) is 5.69 Å². The third kappa shape index (κ3) is 4.99. The highest BCUT2D eigenvalue weighted by Crippen LogP contribution is 2.20. The Morgan fingerprint density at radius 3 is 2.38 bits per heavy atom. The molecule has 0 aliphatic carbocycles. The van der Waals surface area contributed by atoms with Crippen LogP contribution in [0.15, 0.2) is 93.7 Å². The second-order valence-corrected chi connectivity index (χ2v) is 9.39. The monoisotopic (exact) mass is 475 g/mol. The molecule has 4 aromatic rings. The zero-order valence-corrected chi connectivity index (χ0v) is 19.7. The molecule has 0 radical (unpaired) electrons. The van der Waals surface area contributed by atoms with Crippen LogP contribution in [-0.4, -0.2) is 28.9 Å². The van der Waals surface area contributed by atoms with Gasteiger partial charge >= 0.3 is 0 Å². The van der Waals surface area contributed by atoms with Crippen LogP contribution in [0.1, 0.15) is 31.5 Å². The van der Waals surface area contributed by atoms with Gasteiger partial charge in [-0.3, -0.25) is 19.6 Å². The lowest BCUT2D eigenvalue weighted by atomic mass is 10.1. The van der Waals surface area contributed by atoms with Crippen molar-refractivity contribution in [1.82, 2.24) is 14.8 Å². The SMILES string of the molecule is CCCc1[nH]n(-c2ccccc2)c(=O)c1C(C)=Nc1ccc(S(=O)(=O)Nc2ccccn2)cc1. The Morgan fingerprint density at radius 1 is 1.03 bits per heavy atom. The van der Waals surface area contributed by atoms with Gasteiger partial charge in [0.15, 0.2) is 0 Å². The summed E-state index contributed by atoms with van der Waals surface area (Å²) < 4.78 is 29.2. The van der Waals surface area contributed by atoms with Crippen LogP contribution < -0.4 is 10.3 Å². The summed E-state index contributed by atoms with van der Waals surface area (Å²) >= 11 is 0. The molecule has 0 bridgehead atoms. The fourth-order valence-electron chi connectivity index (χ4n) is 3.61. The van der Waals surface area contributed by atoms with Crippen molar-refractivity contribution in [1.29, 1.82) is 0 Å². The average Bonchev–Trinajstić information content (AvgIpc) is 3.16. The van der Waals surface area contributed by atoms with Gasteiger partial charge in [0.05, 0.1) is 27.5 Å². The second-order valence-electron chi connectivity index (χ2n) is 7.70. The number of rotatable bonds is 8. The molecule has 2 aromatic carbocycles. The molecular formula is C25H25N5O3S. The Hall–Kier alpha value is -3.98. The molecule has 2 N–H and O–H groups in total. The summed E-state index contributed by atoms with van der Waals surface area (Å²) in [6.45, 7) is 3.83. The highest BCUT2D eigenvalue weighted by atomic mass is 32.2. The van der Waals surface area contributed by atoms with Gasteiger partial charge in [0.25, 0.3) is 15.6 Å². The van der Waals surface area contributed by atoms with Crippen LogP contribution in [-0.2, 0) is 16.4 Å². The lowest BCUT2D eigenvalue weighted by Crippen LogP contribution is -2.19. The quantitative estimate of drug-likeness (QED) is 0.367. The summed E-state index contributed by atoms with van der Waals surface area (Å²) in [5, 5.41) is 3.22. The molecule has 9 heteroatoms. The largest absolute Gasteiger partial charge is 0.294 e. The number of aromatic amines is 1. The third-order valence-corrected chi connectivity index (χ3v) is 6.56. The van der Waals surface area contributed by atoms with Crippen molar-refractivity contribution >= 4 is 27.2 Å². The fraction of sp³-hybridized carbons (Fsp3) is 0.160. The van der Waals surface area contributed by atoms with Gasteiger partial charge in [-0.25, -0.2) is 18.1 Å². The van der Waals surface area contributed by atoms with E-state index < -0.39 is 10.0 Å². The zero-order chi connectivity index (χ0) is 24.1. The maximum absolute atomic E-state index is 13.2. The number of benzene rings is 2. The smallest absolute Gasteiger partial charge is 0.280 e. The number of anilines is 1. The van der Waals surface area contributed by atoms with Crippen LogP contribution in [0.5, 0.6) is 0 Å². The van der Waals surface area contributed by atoms with Crippen LogP contribution in [0.2, 0.25) is 0 Å². The van der Waals surface area contributed by atoms with Crippen molar-refractivity contribution < 1.29 is 8.42 Å². The van der Waals surface area contributed by atoms with E-state index in [0.29, 0.717) is 23.4 Å². The molecule has 0 atom stereocenters. The predicted octanol–water partition coefficient (Wildman–Crippen LogP) is 4.45. The van der Waals surface area contributed by atoms with Crippen LogP contribution in [0.3, 0.4) is 0 Å². The minimum absolute atomic E-state index is 0.0921. The molecule has 0 fully saturated rings. The van der Waals surface area contributed by atoms with E-state index in [2.05, 4.69) is 19.8 Å². The molecule has 2 aromatic heterocycles. The number of aliphatic imine (C=N–C) groups is 1. The first-order valence-electron chi connectivity index (χ1n) is 10.9. The molecule has 0 saturated carbocycles. The number of aryl methyl sites for hydroxylation is 1. The highest BCUT2D eigenvalue weighted by molar-refractivity contribution is 7.92. The van der Waals surface area contributed by atoms with Crippen molar-refractivity contribution in [2.45, 2.75) is 31.6 Å². The number of nitrogens with zero attached hydrogens (tertiary/aromatic N) is 3. The molecule has 2 heterocycles. The van der Waals surface area contributed by atoms with Gasteiger partial charge in [-0.15, -0.1) is 0 Å². The van der Waals surface area contributed by atoms with Gasteiger partial charge < -0.3 is 0 Å². The molecule has 34 heavy (non-hydrogen) atoms. The molecular weight excluding hydrogens is 450 g/mol. The maximum atomic E-state index is 13.2.